The fraction of sp³-hybridized carbons (Fsp3) is 0.625. The van der Waals surface area contributed by atoms with Crippen molar-refractivity contribution in [1.82, 2.24) is 20.2 Å². The van der Waals surface area contributed by atoms with Gasteiger partial charge in [-0.05, 0) is 26.7 Å². The number of guanidine groups is 1. The molecule has 2 unspecified atom stereocenters. The fourth-order valence-electron chi connectivity index (χ4n) is 2.46. The molecule has 2 amide bonds. The summed E-state index contributed by atoms with van der Waals surface area (Å²) in [5.74, 6) is 0.259. The van der Waals surface area contributed by atoms with Crippen molar-refractivity contribution in [2.45, 2.75) is 52.7 Å². The third-order valence-corrected chi connectivity index (χ3v) is 4.00. The van der Waals surface area contributed by atoms with Gasteiger partial charge in [0.25, 0.3) is 0 Å². The molecule has 8 heteroatoms. The molecule has 0 radical (unpaired) electrons. The summed E-state index contributed by atoms with van der Waals surface area (Å²) in [5.41, 5.74) is 0.720. The topological polar surface area (TPSA) is 97.6 Å². The minimum absolute atomic E-state index is 0.0960. The van der Waals surface area contributed by atoms with E-state index in [4.69, 9.17) is 4.74 Å². The minimum Gasteiger partial charge on any atom is -0.376 e. The van der Waals surface area contributed by atoms with Crippen molar-refractivity contribution < 1.29 is 14.3 Å². The summed E-state index contributed by atoms with van der Waals surface area (Å²) in [7, 11) is 0. The predicted octanol–water partition coefficient (Wildman–Crippen LogP) is 1.44. The molecule has 0 aromatic carbocycles. The number of nitrogens with one attached hydrogen (secondary N) is 2. The van der Waals surface area contributed by atoms with Crippen LogP contribution >= 0.6 is 0 Å². The molecular formula is C16H25N5O3. The maximum Gasteiger partial charge on any atom is 0.229 e. The van der Waals surface area contributed by atoms with Crippen LogP contribution in [0.25, 0.3) is 0 Å². The summed E-state index contributed by atoms with van der Waals surface area (Å²) in [6.07, 6.45) is 4.40. The molecule has 1 aliphatic rings. The van der Waals surface area contributed by atoms with E-state index in [9.17, 15) is 9.59 Å². The Balaban J connectivity index is 2.26. The van der Waals surface area contributed by atoms with E-state index >= 15 is 0 Å². The van der Waals surface area contributed by atoms with Gasteiger partial charge in [0.05, 0.1) is 30.8 Å². The Morgan fingerprint density at radius 3 is 2.83 bits per heavy atom. The van der Waals surface area contributed by atoms with Crippen LogP contribution in [0, 0.1) is 12.8 Å². The number of aliphatic imine (C=N–C) groups is 1. The Hall–Kier alpha value is -2.22. The molecule has 2 heterocycles. The number of carbonyl (C=O) groups is 2. The lowest BCUT2D eigenvalue weighted by molar-refractivity contribution is -0.122. The maximum atomic E-state index is 11.9. The Bertz CT molecular complexity index is 615. The van der Waals surface area contributed by atoms with E-state index in [-0.39, 0.29) is 29.9 Å². The van der Waals surface area contributed by atoms with Crippen LogP contribution in [0.3, 0.4) is 0 Å². The normalized spacial score (nSPS) is 21.6. The molecular weight excluding hydrogens is 310 g/mol. The number of hydrogen-bond donors (Lipinski definition) is 2. The molecule has 0 spiro atoms. The van der Waals surface area contributed by atoms with Crippen LogP contribution in [-0.2, 0) is 14.3 Å². The molecule has 8 nitrogen and oxygen atoms in total. The second-order valence-electron chi connectivity index (χ2n) is 6.30. The van der Waals surface area contributed by atoms with Crippen LogP contribution in [0.1, 0.15) is 45.3 Å². The highest BCUT2D eigenvalue weighted by molar-refractivity contribution is 6.02. The first kappa shape index (κ1) is 18.1. The van der Waals surface area contributed by atoms with E-state index in [0.29, 0.717) is 18.8 Å². The molecule has 1 fully saturated rings. The lowest BCUT2D eigenvalue weighted by Gasteiger charge is -2.28. The molecule has 1 saturated heterocycles. The van der Waals surface area contributed by atoms with Crippen molar-refractivity contribution in [2.24, 2.45) is 10.9 Å². The van der Waals surface area contributed by atoms with Crippen molar-refractivity contribution in [2.75, 3.05) is 6.61 Å². The highest BCUT2D eigenvalue weighted by Gasteiger charge is 2.23. The molecule has 24 heavy (non-hydrogen) atoms. The lowest BCUT2D eigenvalue weighted by atomic mass is 10.1. The van der Waals surface area contributed by atoms with Crippen molar-refractivity contribution in [3.05, 3.63) is 12.0 Å². The summed E-state index contributed by atoms with van der Waals surface area (Å²) < 4.78 is 7.66. The highest BCUT2D eigenvalue weighted by atomic mass is 16.5. The zero-order valence-corrected chi connectivity index (χ0v) is 14.6. The van der Waals surface area contributed by atoms with E-state index in [0.717, 1.165) is 18.5 Å². The number of nitrogens with zero attached hydrogens (tertiary/aromatic N) is 3. The second kappa shape index (κ2) is 8.05. The molecule has 2 rings (SSSR count). The SMILES string of the molecule is Cc1ncn(C2CCC(C)OC2)c1/N=C(\NC=O)NC(=O)C(C)C. The van der Waals surface area contributed by atoms with Crippen LogP contribution in [0.15, 0.2) is 11.3 Å². The minimum atomic E-state index is -0.221. The molecule has 1 aliphatic heterocycles. The Labute approximate surface area is 141 Å². The van der Waals surface area contributed by atoms with E-state index in [1.165, 1.54) is 0 Å². The van der Waals surface area contributed by atoms with Crippen LogP contribution in [0.5, 0.6) is 0 Å². The molecule has 1 aromatic heterocycles. The Morgan fingerprint density at radius 1 is 1.50 bits per heavy atom. The van der Waals surface area contributed by atoms with Crippen LogP contribution in [0.2, 0.25) is 0 Å². The van der Waals surface area contributed by atoms with Crippen LogP contribution in [-0.4, -0.2) is 40.5 Å². The third kappa shape index (κ3) is 4.41. The monoisotopic (exact) mass is 335 g/mol. The van der Waals surface area contributed by atoms with Gasteiger partial charge in [0, 0.05) is 5.92 Å². The van der Waals surface area contributed by atoms with Gasteiger partial charge < -0.3 is 9.30 Å². The van der Waals surface area contributed by atoms with Gasteiger partial charge >= 0.3 is 0 Å². The fourth-order valence-corrected chi connectivity index (χ4v) is 2.46. The third-order valence-electron chi connectivity index (χ3n) is 4.00. The molecule has 0 bridgehead atoms. The van der Waals surface area contributed by atoms with Crippen molar-refractivity contribution in [3.63, 3.8) is 0 Å². The zero-order chi connectivity index (χ0) is 17.7. The van der Waals surface area contributed by atoms with Gasteiger partial charge in [0.1, 0.15) is 0 Å². The van der Waals surface area contributed by atoms with Crippen LogP contribution < -0.4 is 10.6 Å². The maximum absolute atomic E-state index is 11.9. The first-order valence-corrected chi connectivity index (χ1v) is 8.17. The lowest BCUT2D eigenvalue weighted by Crippen LogP contribution is -2.42. The number of rotatable bonds is 4. The first-order chi connectivity index (χ1) is 11.4. The molecule has 0 aliphatic carbocycles. The number of aryl methyl sites for hydroxylation is 1. The van der Waals surface area contributed by atoms with Gasteiger partial charge in [-0.1, -0.05) is 13.8 Å². The summed E-state index contributed by atoms with van der Waals surface area (Å²) in [6.45, 7) is 8.02. The smallest absolute Gasteiger partial charge is 0.229 e. The molecule has 2 N–H and O–H groups in total. The van der Waals surface area contributed by atoms with E-state index < -0.39 is 0 Å². The van der Waals surface area contributed by atoms with Gasteiger partial charge in [-0.15, -0.1) is 0 Å². The molecule has 132 valence electrons. The Morgan fingerprint density at radius 2 is 2.25 bits per heavy atom. The number of amides is 2. The molecule has 1 aromatic rings. The number of ether oxygens (including phenoxy) is 1. The summed E-state index contributed by atoms with van der Waals surface area (Å²) in [4.78, 5) is 31.4. The van der Waals surface area contributed by atoms with Gasteiger partial charge in [-0.3, -0.25) is 20.2 Å². The standard InChI is InChI=1S/C16H25N5O3/c1-10(2)15(23)20-16(18-9-22)19-14-12(4)17-8-21(14)13-6-5-11(3)24-7-13/h8-11,13H,5-7H2,1-4H3,(H2,18,19,20,22,23). The van der Waals surface area contributed by atoms with E-state index in [1.54, 1.807) is 20.2 Å². The van der Waals surface area contributed by atoms with E-state index in [1.807, 2.05) is 11.5 Å². The average Bonchev–Trinajstić information content (AvgIpc) is 2.89. The van der Waals surface area contributed by atoms with Crippen molar-refractivity contribution >= 4 is 24.1 Å². The number of carbonyl (C=O) groups excluding carboxylic acids is 2. The van der Waals surface area contributed by atoms with Crippen molar-refractivity contribution in [3.8, 4) is 0 Å². The van der Waals surface area contributed by atoms with Gasteiger partial charge in [0.15, 0.2) is 5.82 Å². The molecule has 0 saturated carbocycles. The van der Waals surface area contributed by atoms with Crippen LogP contribution in [0.4, 0.5) is 5.82 Å². The second-order valence-corrected chi connectivity index (χ2v) is 6.30. The largest absolute Gasteiger partial charge is 0.376 e. The summed E-state index contributed by atoms with van der Waals surface area (Å²) >= 11 is 0. The zero-order valence-electron chi connectivity index (χ0n) is 14.6. The molecule has 2 atom stereocenters. The summed E-state index contributed by atoms with van der Waals surface area (Å²) in [5, 5.41) is 5.05. The van der Waals surface area contributed by atoms with Gasteiger partial charge in [0.2, 0.25) is 18.3 Å². The predicted molar refractivity (Wildman–Crippen MR) is 89.9 cm³/mol. The number of imidazole rings is 1. The number of hydrogen-bond acceptors (Lipinski definition) is 5. The van der Waals surface area contributed by atoms with Gasteiger partial charge in [-0.25, -0.2) is 4.98 Å². The van der Waals surface area contributed by atoms with Gasteiger partial charge in [-0.2, -0.15) is 4.99 Å². The summed E-state index contributed by atoms with van der Waals surface area (Å²) in [6, 6.07) is 0.138. The van der Waals surface area contributed by atoms with E-state index in [2.05, 4.69) is 27.5 Å². The van der Waals surface area contributed by atoms with Crippen molar-refractivity contribution in [1.29, 1.82) is 0 Å². The number of aromatic nitrogens is 2. The highest BCUT2D eigenvalue weighted by Crippen LogP contribution is 2.29. The Kier molecular flexibility index (Phi) is 6.08. The average molecular weight is 335 g/mol. The first-order valence-electron chi connectivity index (χ1n) is 8.17. The quantitative estimate of drug-likeness (QED) is 0.494.